The van der Waals surface area contributed by atoms with Crippen LogP contribution in [0.3, 0.4) is 0 Å². The second-order valence-electron chi connectivity index (χ2n) is 6.46. The van der Waals surface area contributed by atoms with E-state index in [0.29, 0.717) is 28.6 Å². The van der Waals surface area contributed by atoms with Gasteiger partial charge < -0.3 is 14.8 Å². The zero-order valence-electron chi connectivity index (χ0n) is 16.6. The van der Waals surface area contributed by atoms with Crippen LogP contribution in [0.15, 0.2) is 78.9 Å². The fraction of sp³-hybridized carbons (Fsp3) is 0.136. The summed E-state index contributed by atoms with van der Waals surface area (Å²) in [6.07, 6.45) is 1.06. The number of rotatable bonds is 8. The highest BCUT2D eigenvalue weighted by atomic mass is 32.2. The molecule has 0 fully saturated rings. The molecule has 0 aliphatic carbocycles. The van der Waals surface area contributed by atoms with Crippen LogP contribution in [0.25, 0.3) is 0 Å². The summed E-state index contributed by atoms with van der Waals surface area (Å²) < 4.78 is 36.4. The van der Waals surface area contributed by atoms with E-state index in [9.17, 15) is 13.2 Å². The quantitative estimate of drug-likeness (QED) is 0.591. The zero-order valence-corrected chi connectivity index (χ0v) is 17.4. The van der Waals surface area contributed by atoms with Gasteiger partial charge in [0.1, 0.15) is 23.8 Å². The Bertz CT molecular complexity index is 1080. The second kappa shape index (κ2) is 9.32. The van der Waals surface area contributed by atoms with Gasteiger partial charge in [-0.3, -0.25) is 9.10 Å². The molecule has 0 saturated heterocycles. The monoisotopic (exact) mass is 426 g/mol. The van der Waals surface area contributed by atoms with Gasteiger partial charge >= 0.3 is 0 Å². The lowest BCUT2D eigenvalue weighted by Crippen LogP contribution is -2.37. The van der Waals surface area contributed by atoms with Crippen LogP contribution >= 0.6 is 0 Å². The number of carbonyl (C=O) groups excluding carboxylic acids is 1. The van der Waals surface area contributed by atoms with Crippen molar-refractivity contribution in [3.63, 3.8) is 0 Å². The van der Waals surface area contributed by atoms with Gasteiger partial charge in [0.15, 0.2) is 0 Å². The predicted octanol–water partition coefficient (Wildman–Crippen LogP) is 3.89. The molecule has 0 aromatic heterocycles. The molecule has 0 radical (unpaired) electrons. The number of methoxy groups -OCH3 is 1. The summed E-state index contributed by atoms with van der Waals surface area (Å²) in [6, 6.07) is 22.5. The predicted molar refractivity (Wildman–Crippen MR) is 117 cm³/mol. The van der Waals surface area contributed by atoms with E-state index in [1.165, 1.54) is 0 Å². The molecule has 0 unspecified atom stereocenters. The van der Waals surface area contributed by atoms with Gasteiger partial charge in [0.2, 0.25) is 15.9 Å². The molecule has 156 valence electrons. The Kier molecular flexibility index (Phi) is 6.58. The molecule has 0 aliphatic rings. The summed E-state index contributed by atoms with van der Waals surface area (Å²) in [5.74, 6) is 1.42. The van der Waals surface area contributed by atoms with Crippen LogP contribution in [0.5, 0.6) is 17.2 Å². The Balaban J connectivity index is 1.71. The van der Waals surface area contributed by atoms with Crippen molar-refractivity contribution < 1.29 is 22.7 Å². The highest BCUT2D eigenvalue weighted by Crippen LogP contribution is 2.25. The van der Waals surface area contributed by atoms with E-state index in [1.807, 2.05) is 30.3 Å². The molecule has 0 bridgehead atoms. The zero-order chi connectivity index (χ0) is 21.6. The third kappa shape index (κ3) is 5.74. The number of ether oxygens (including phenoxy) is 2. The van der Waals surface area contributed by atoms with Gasteiger partial charge in [-0.15, -0.1) is 0 Å². The number of carbonyl (C=O) groups is 1. The normalized spacial score (nSPS) is 10.9. The molecular weight excluding hydrogens is 404 g/mol. The molecule has 3 aromatic rings. The number of anilines is 2. The van der Waals surface area contributed by atoms with Gasteiger partial charge in [0.05, 0.1) is 19.1 Å². The van der Waals surface area contributed by atoms with Crippen molar-refractivity contribution in [3.05, 3.63) is 78.9 Å². The molecule has 0 heterocycles. The highest BCUT2D eigenvalue weighted by Gasteiger charge is 2.21. The van der Waals surface area contributed by atoms with E-state index >= 15 is 0 Å². The molecule has 1 N–H and O–H groups in total. The van der Waals surface area contributed by atoms with Crippen LogP contribution in [0, 0.1) is 0 Å². The van der Waals surface area contributed by atoms with Crippen molar-refractivity contribution in [1.82, 2.24) is 0 Å². The first-order valence-electron chi connectivity index (χ1n) is 9.10. The molecule has 30 heavy (non-hydrogen) atoms. The van der Waals surface area contributed by atoms with Crippen molar-refractivity contribution in [2.45, 2.75) is 0 Å². The molecule has 1 amide bonds. The van der Waals surface area contributed by atoms with E-state index in [1.54, 1.807) is 55.6 Å². The number of nitrogens with zero attached hydrogens (tertiary/aromatic N) is 1. The SMILES string of the molecule is COc1ccc(NC(=O)CN(c2ccc(Oc3ccccc3)cc2)S(C)(=O)=O)cc1. The Labute approximate surface area is 175 Å². The smallest absolute Gasteiger partial charge is 0.245 e. The summed E-state index contributed by atoms with van der Waals surface area (Å²) in [7, 11) is -2.13. The highest BCUT2D eigenvalue weighted by molar-refractivity contribution is 7.92. The average molecular weight is 426 g/mol. The molecule has 3 rings (SSSR count). The molecule has 7 nitrogen and oxygen atoms in total. The maximum atomic E-state index is 12.4. The Morgan fingerprint density at radius 1 is 0.867 bits per heavy atom. The van der Waals surface area contributed by atoms with Crippen LogP contribution < -0.4 is 19.1 Å². The van der Waals surface area contributed by atoms with Crippen molar-refractivity contribution in [2.24, 2.45) is 0 Å². The number of hydrogen-bond acceptors (Lipinski definition) is 5. The summed E-state index contributed by atoms with van der Waals surface area (Å²) in [5.41, 5.74) is 0.906. The molecule has 0 aliphatic heterocycles. The third-order valence-corrected chi connectivity index (χ3v) is 5.31. The molecule has 0 spiro atoms. The van der Waals surface area contributed by atoms with E-state index < -0.39 is 15.9 Å². The molecule has 0 atom stereocenters. The van der Waals surface area contributed by atoms with Gasteiger partial charge in [-0.1, -0.05) is 18.2 Å². The van der Waals surface area contributed by atoms with Gasteiger partial charge in [0.25, 0.3) is 0 Å². The maximum Gasteiger partial charge on any atom is 0.245 e. The summed E-state index contributed by atoms with van der Waals surface area (Å²) in [6.45, 7) is -0.357. The lowest BCUT2D eigenvalue weighted by atomic mass is 10.3. The number of nitrogens with one attached hydrogen (secondary N) is 1. The molecule has 0 saturated carbocycles. The second-order valence-corrected chi connectivity index (χ2v) is 8.36. The minimum atomic E-state index is -3.68. The number of sulfonamides is 1. The molecule has 3 aromatic carbocycles. The minimum absolute atomic E-state index is 0.357. The number of amides is 1. The lowest BCUT2D eigenvalue weighted by molar-refractivity contribution is -0.114. The fourth-order valence-corrected chi connectivity index (χ4v) is 3.57. The first kappa shape index (κ1) is 21.2. The van der Waals surface area contributed by atoms with Crippen LogP contribution in [-0.4, -0.2) is 34.2 Å². The molecule has 8 heteroatoms. The lowest BCUT2D eigenvalue weighted by Gasteiger charge is -2.22. The van der Waals surface area contributed by atoms with Crippen LogP contribution in [0.1, 0.15) is 0 Å². The largest absolute Gasteiger partial charge is 0.497 e. The first-order chi connectivity index (χ1) is 14.3. The Hall–Kier alpha value is -3.52. The number of hydrogen-bond donors (Lipinski definition) is 1. The summed E-state index contributed by atoms with van der Waals surface area (Å²) in [4.78, 5) is 12.4. The van der Waals surface area contributed by atoms with Gasteiger partial charge in [-0.2, -0.15) is 0 Å². The standard InChI is InChI=1S/C22H22N2O5S/c1-28-19-12-8-17(9-13-19)23-22(25)16-24(30(2,26)27)18-10-14-21(15-11-18)29-20-6-4-3-5-7-20/h3-15H,16H2,1-2H3,(H,23,25). The van der Waals surface area contributed by atoms with Crippen molar-refractivity contribution in [2.75, 3.05) is 29.5 Å². The van der Waals surface area contributed by atoms with E-state index in [2.05, 4.69) is 5.32 Å². The maximum absolute atomic E-state index is 12.4. The van der Waals surface area contributed by atoms with Gasteiger partial charge in [-0.05, 0) is 60.7 Å². The fourth-order valence-electron chi connectivity index (χ4n) is 2.71. The summed E-state index contributed by atoms with van der Waals surface area (Å²) >= 11 is 0. The first-order valence-corrected chi connectivity index (χ1v) is 10.9. The molecular formula is C22H22N2O5S. The topological polar surface area (TPSA) is 84.9 Å². The van der Waals surface area contributed by atoms with Crippen molar-refractivity contribution >= 4 is 27.3 Å². The minimum Gasteiger partial charge on any atom is -0.497 e. The average Bonchev–Trinajstić information content (AvgIpc) is 2.73. The van der Waals surface area contributed by atoms with Crippen molar-refractivity contribution in [3.8, 4) is 17.2 Å². The van der Waals surface area contributed by atoms with Crippen LogP contribution in [0.2, 0.25) is 0 Å². The summed E-state index contributed by atoms with van der Waals surface area (Å²) in [5, 5.41) is 2.68. The van der Waals surface area contributed by atoms with Crippen LogP contribution in [0.4, 0.5) is 11.4 Å². The number of para-hydroxylation sites is 1. The van der Waals surface area contributed by atoms with Gasteiger partial charge in [-0.25, -0.2) is 8.42 Å². The van der Waals surface area contributed by atoms with E-state index in [-0.39, 0.29) is 6.54 Å². The van der Waals surface area contributed by atoms with Crippen molar-refractivity contribution in [1.29, 1.82) is 0 Å². The number of benzene rings is 3. The van der Waals surface area contributed by atoms with E-state index in [4.69, 9.17) is 9.47 Å². The Morgan fingerprint density at radius 2 is 1.43 bits per heavy atom. The van der Waals surface area contributed by atoms with E-state index in [0.717, 1.165) is 10.6 Å². The Morgan fingerprint density at radius 3 is 2.00 bits per heavy atom. The van der Waals surface area contributed by atoms with Crippen LogP contribution in [-0.2, 0) is 14.8 Å². The third-order valence-electron chi connectivity index (χ3n) is 4.16. The van der Waals surface area contributed by atoms with Gasteiger partial charge in [0, 0.05) is 5.69 Å².